The van der Waals surface area contributed by atoms with Gasteiger partial charge in [0, 0.05) is 0 Å². The van der Waals surface area contributed by atoms with E-state index in [2.05, 4.69) is 33.0 Å². The minimum atomic E-state index is -4.00. The number of nitrogens with zero attached hydrogens (tertiary/aromatic N) is 1. The summed E-state index contributed by atoms with van der Waals surface area (Å²) in [7, 11) is -2.48. The van der Waals surface area contributed by atoms with Crippen molar-refractivity contribution in [3.63, 3.8) is 0 Å². The van der Waals surface area contributed by atoms with E-state index in [1.165, 1.54) is 29.1 Å². The lowest BCUT2D eigenvalue weighted by molar-refractivity contribution is -0.127. The number of benzene rings is 3. The molecule has 0 radical (unpaired) electrons. The summed E-state index contributed by atoms with van der Waals surface area (Å²) in [5, 5.41) is 2.81. The number of rotatable bonds is 9. The predicted octanol–water partition coefficient (Wildman–Crippen LogP) is 4.71. The van der Waals surface area contributed by atoms with Crippen LogP contribution in [-0.2, 0) is 26.7 Å². The Balaban J connectivity index is 1.53. The fraction of sp³-hybridized carbons (Fsp3) is 0.367. The molecule has 4 rings (SSSR count). The number of anilines is 1. The highest BCUT2D eigenvalue weighted by atomic mass is 32.2. The number of amides is 1. The summed E-state index contributed by atoms with van der Waals surface area (Å²) in [5.41, 5.74) is 2.36. The van der Waals surface area contributed by atoms with E-state index in [0.29, 0.717) is 17.2 Å². The number of nitrogens with one attached hydrogen (secondary N) is 1. The highest BCUT2D eigenvalue weighted by Gasteiger charge is 2.38. The molecular formula is C30H36N2O6S. The van der Waals surface area contributed by atoms with Crippen LogP contribution in [0.5, 0.6) is 17.2 Å². The van der Waals surface area contributed by atoms with E-state index >= 15 is 0 Å². The molecule has 0 spiro atoms. The van der Waals surface area contributed by atoms with Gasteiger partial charge in [-0.05, 0) is 71.5 Å². The summed E-state index contributed by atoms with van der Waals surface area (Å²) in [6.45, 7) is 8.59. The minimum Gasteiger partial charge on any atom is -0.497 e. The molecule has 0 aliphatic carbocycles. The van der Waals surface area contributed by atoms with Gasteiger partial charge in [0.1, 0.15) is 23.9 Å². The zero-order valence-corrected chi connectivity index (χ0v) is 23.9. The molecule has 0 saturated heterocycles. The highest BCUT2D eigenvalue weighted by Crippen LogP contribution is 2.40. The Morgan fingerprint density at radius 3 is 2.31 bits per heavy atom. The van der Waals surface area contributed by atoms with Gasteiger partial charge in [-0.25, -0.2) is 8.42 Å². The standard InChI is InChI=1S/C30H36N2O6S/c1-6-21-7-10-24(11-8-21)37-18-17-31-29(33)28-20-32(39(34,35)25-14-12-23(36-5)13-15-25)26-19-22(30(2,3)4)9-16-27(26)38-28/h7-16,19,28H,6,17-18,20H2,1-5H3,(H,31,33). The molecule has 0 aromatic heterocycles. The number of fused-ring (bicyclic) bond motifs is 1. The van der Waals surface area contributed by atoms with Crippen molar-refractivity contribution in [3.8, 4) is 17.2 Å². The smallest absolute Gasteiger partial charge is 0.264 e. The third-order valence-corrected chi connectivity index (χ3v) is 8.43. The van der Waals surface area contributed by atoms with Crippen molar-refractivity contribution < 1.29 is 27.4 Å². The van der Waals surface area contributed by atoms with Gasteiger partial charge in [0.15, 0.2) is 6.10 Å². The van der Waals surface area contributed by atoms with Crippen molar-refractivity contribution in [2.75, 3.05) is 31.1 Å². The summed E-state index contributed by atoms with van der Waals surface area (Å²) >= 11 is 0. The van der Waals surface area contributed by atoms with Gasteiger partial charge in [0.25, 0.3) is 15.9 Å². The number of aryl methyl sites for hydroxylation is 1. The Morgan fingerprint density at radius 1 is 1.03 bits per heavy atom. The molecule has 0 saturated carbocycles. The molecule has 39 heavy (non-hydrogen) atoms. The van der Waals surface area contributed by atoms with Gasteiger partial charge in [0.05, 0.1) is 30.8 Å². The second-order valence-corrected chi connectivity index (χ2v) is 12.2. The molecule has 0 fully saturated rings. The van der Waals surface area contributed by atoms with Gasteiger partial charge >= 0.3 is 0 Å². The summed E-state index contributed by atoms with van der Waals surface area (Å²) < 4.78 is 45.8. The van der Waals surface area contributed by atoms with Crippen LogP contribution in [0.1, 0.15) is 38.8 Å². The second kappa shape index (κ2) is 11.6. The molecule has 1 unspecified atom stereocenters. The number of hydrogen-bond acceptors (Lipinski definition) is 6. The van der Waals surface area contributed by atoms with E-state index in [1.54, 1.807) is 18.2 Å². The highest BCUT2D eigenvalue weighted by molar-refractivity contribution is 7.92. The molecule has 1 heterocycles. The van der Waals surface area contributed by atoms with E-state index < -0.39 is 22.0 Å². The zero-order chi connectivity index (χ0) is 28.2. The second-order valence-electron chi connectivity index (χ2n) is 10.4. The number of sulfonamides is 1. The summed E-state index contributed by atoms with van der Waals surface area (Å²) in [4.78, 5) is 13.2. The maximum Gasteiger partial charge on any atom is 0.264 e. The summed E-state index contributed by atoms with van der Waals surface area (Å²) in [6, 6.07) is 19.4. The summed E-state index contributed by atoms with van der Waals surface area (Å²) in [6.07, 6.45) is -0.0846. The molecule has 1 aliphatic rings. The maximum atomic E-state index is 13.8. The van der Waals surface area contributed by atoms with Crippen LogP contribution in [-0.4, -0.2) is 47.2 Å². The predicted molar refractivity (Wildman–Crippen MR) is 151 cm³/mol. The van der Waals surface area contributed by atoms with Crippen molar-refractivity contribution in [1.29, 1.82) is 0 Å². The fourth-order valence-corrected chi connectivity index (χ4v) is 5.70. The third-order valence-electron chi connectivity index (χ3n) is 6.64. The maximum absolute atomic E-state index is 13.8. The lowest BCUT2D eigenvalue weighted by atomic mass is 9.86. The van der Waals surface area contributed by atoms with E-state index in [0.717, 1.165) is 17.7 Å². The van der Waals surface area contributed by atoms with Crippen LogP contribution in [0.25, 0.3) is 0 Å². The van der Waals surface area contributed by atoms with E-state index in [-0.39, 0.29) is 30.0 Å². The van der Waals surface area contributed by atoms with Crippen molar-refractivity contribution >= 4 is 21.6 Å². The van der Waals surface area contributed by atoms with Crippen LogP contribution in [0, 0.1) is 0 Å². The molecule has 3 aromatic rings. The topological polar surface area (TPSA) is 94.2 Å². The average Bonchev–Trinajstić information content (AvgIpc) is 2.94. The molecule has 8 nitrogen and oxygen atoms in total. The molecule has 1 amide bonds. The monoisotopic (exact) mass is 552 g/mol. The normalized spacial score (nSPS) is 15.2. The molecule has 1 aliphatic heterocycles. The molecule has 0 bridgehead atoms. The number of ether oxygens (including phenoxy) is 3. The van der Waals surface area contributed by atoms with Gasteiger partial charge in [-0.3, -0.25) is 9.10 Å². The average molecular weight is 553 g/mol. The lowest BCUT2D eigenvalue weighted by Crippen LogP contribution is -2.51. The quantitative estimate of drug-likeness (QED) is 0.387. The SMILES string of the molecule is CCc1ccc(OCCNC(=O)C2CN(S(=O)(=O)c3ccc(OC)cc3)c3cc(C(C)(C)C)ccc3O2)cc1. The number of methoxy groups -OCH3 is 1. The van der Waals surface area contributed by atoms with E-state index in [1.807, 2.05) is 36.4 Å². The summed E-state index contributed by atoms with van der Waals surface area (Å²) in [5.74, 6) is 1.18. The molecule has 1 N–H and O–H groups in total. The largest absolute Gasteiger partial charge is 0.497 e. The minimum absolute atomic E-state index is 0.0963. The molecule has 3 aromatic carbocycles. The molecular weight excluding hydrogens is 516 g/mol. The Labute approximate surface area is 230 Å². The Morgan fingerprint density at radius 2 is 1.69 bits per heavy atom. The first-order valence-electron chi connectivity index (χ1n) is 13.0. The molecule has 208 valence electrons. The fourth-order valence-electron chi connectivity index (χ4n) is 4.24. The lowest BCUT2D eigenvalue weighted by Gasteiger charge is -2.36. The molecule has 9 heteroatoms. The first-order chi connectivity index (χ1) is 18.5. The first-order valence-corrected chi connectivity index (χ1v) is 14.4. The van der Waals surface area contributed by atoms with Gasteiger partial charge in [-0.15, -0.1) is 0 Å². The Bertz CT molecular complexity index is 1400. The van der Waals surface area contributed by atoms with Crippen molar-refractivity contribution in [3.05, 3.63) is 77.9 Å². The van der Waals surface area contributed by atoms with Gasteiger partial charge in [-0.1, -0.05) is 45.9 Å². The van der Waals surface area contributed by atoms with Crippen LogP contribution < -0.4 is 23.8 Å². The van der Waals surface area contributed by atoms with Crippen LogP contribution in [0.4, 0.5) is 5.69 Å². The Hall–Kier alpha value is -3.72. The van der Waals surface area contributed by atoms with Crippen molar-refractivity contribution in [2.24, 2.45) is 0 Å². The first kappa shape index (κ1) is 28.3. The zero-order valence-electron chi connectivity index (χ0n) is 23.1. The van der Waals surface area contributed by atoms with E-state index in [9.17, 15) is 13.2 Å². The Kier molecular flexibility index (Phi) is 8.39. The van der Waals surface area contributed by atoms with Crippen LogP contribution >= 0.6 is 0 Å². The van der Waals surface area contributed by atoms with Crippen molar-refractivity contribution in [1.82, 2.24) is 5.32 Å². The van der Waals surface area contributed by atoms with Gasteiger partial charge in [0.2, 0.25) is 0 Å². The third kappa shape index (κ3) is 6.47. The number of hydrogen-bond donors (Lipinski definition) is 1. The number of carbonyl (C=O) groups is 1. The van der Waals surface area contributed by atoms with Crippen LogP contribution in [0.2, 0.25) is 0 Å². The van der Waals surface area contributed by atoms with Gasteiger partial charge < -0.3 is 19.5 Å². The van der Waals surface area contributed by atoms with Gasteiger partial charge in [-0.2, -0.15) is 0 Å². The molecule has 1 atom stereocenters. The van der Waals surface area contributed by atoms with Crippen LogP contribution in [0.15, 0.2) is 71.6 Å². The van der Waals surface area contributed by atoms with E-state index in [4.69, 9.17) is 14.2 Å². The van der Waals surface area contributed by atoms with Crippen LogP contribution in [0.3, 0.4) is 0 Å². The van der Waals surface area contributed by atoms with Crippen molar-refractivity contribution in [2.45, 2.75) is 50.5 Å². The number of carbonyl (C=O) groups excluding carboxylic acids is 1.